The molecule has 7 nitrogen and oxygen atoms in total. The number of hydrogen-bond donors (Lipinski definition) is 0. The average molecular weight is 485 g/mol. The van der Waals surface area contributed by atoms with Gasteiger partial charge in [0.2, 0.25) is 5.72 Å². The second-order valence-electron chi connectivity index (χ2n) is 9.24. The van der Waals surface area contributed by atoms with Crippen LogP contribution in [0.2, 0.25) is 0 Å². The number of aryl methyl sites for hydroxylation is 1. The summed E-state index contributed by atoms with van der Waals surface area (Å²) in [4.78, 5) is 32.0. The van der Waals surface area contributed by atoms with E-state index in [1.54, 1.807) is 11.5 Å². The largest absolute Gasteiger partial charge is 0.465 e. The van der Waals surface area contributed by atoms with Crippen molar-refractivity contribution in [2.45, 2.75) is 39.5 Å². The number of benzene rings is 2. The second-order valence-corrected chi connectivity index (χ2v) is 10.2. The molecule has 0 radical (unpaired) electrons. The predicted octanol–water partition coefficient (Wildman–Crippen LogP) is 3.08. The van der Waals surface area contributed by atoms with Gasteiger partial charge in [0, 0.05) is 16.8 Å². The Kier molecular flexibility index (Phi) is 4.73. The maximum absolute atomic E-state index is 13.8. The van der Waals surface area contributed by atoms with Crippen molar-refractivity contribution in [3.8, 4) is 11.4 Å². The molecule has 35 heavy (non-hydrogen) atoms. The van der Waals surface area contributed by atoms with E-state index < -0.39 is 17.7 Å². The summed E-state index contributed by atoms with van der Waals surface area (Å²) in [6.07, 6.45) is 1.90. The van der Waals surface area contributed by atoms with E-state index in [-0.39, 0.29) is 11.3 Å². The van der Waals surface area contributed by atoms with Crippen LogP contribution in [0, 0.1) is 19.8 Å². The first-order valence-corrected chi connectivity index (χ1v) is 12.3. The third-order valence-corrected chi connectivity index (χ3v) is 7.92. The minimum absolute atomic E-state index is 0.0548. The fraction of sp³-hybridized carbons (Fsp3) is 0.259. The molecule has 2 aromatic heterocycles. The van der Waals surface area contributed by atoms with Crippen molar-refractivity contribution in [3.05, 3.63) is 96.8 Å². The Balaban J connectivity index is 1.58. The van der Waals surface area contributed by atoms with Crippen molar-refractivity contribution in [2.24, 2.45) is 10.9 Å². The van der Waals surface area contributed by atoms with E-state index in [0.29, 0.717) is 15.1 Å². The van der Waals surface area contributed by atoms with E-state index in [9.17, 15) is 9.59 Å². The molecule has 8 heteroatoms. The molecule has 0 spiro atoms. The summed E-state index contributed by atoms with van der Waals surface area (Å²) >= 11 is 1.32. The molecule has 4 heterocycles. The van der Waals surface area contributed by atoms with Crippen molar-refractivity contribution in [2.75, 3.05) is 0 Å². The van der Waals surface area contributed by atoms with Crippen molar-refractivity contribution >= 4 is 23.2 Å². The summed E-state index contributed by atoms with van der Waals surface area (Å²) in [5.41, 5.74) is 3.25. The predicted molar refractivity (Wildman–Crippen MR) is 134 cm³/mol. The highest BCUT2D eigenvalue weighted by molar-refractivity contribution is 7.07. The molecule has 0 N–H and O–H groups in total. The van der Waals surface area contributed by atoms with Gasteiger partial charge in [0.1, 0.15) is 17.5 Å². The minimum Gasteiger partial charge on any atom is -0.465 e. The molecule has 4 aromatic rings. The SMILES string of the molecule is CC(=O)[C@H]1[C@@H]2c3ccccc3O[C@@]1(C)N=c1s/c(=C/c3c(C)nn(-c4ccccc4)c3C)c(=O)n12. The third-order valence-electron chi connectivity index (χ3n) is 6.94. The minimum atomic E-state index is -1.07. The zero-order valence-corrected chi connectivity index (χ0v) is 20.7. The van der Waals surface area contributed by atoms with Crippen LogP contribution in [0.15, 0.2) is 64.4 Å². The number of nitrogens with zero attached hydrogens (tertiary/aromatic N) is 4. The summed E-state index contributed by atoms with van der Waals surface area (Å²) in [6.45, 7) is 7.32. The maximum Gasteiger partial charge on any atom is 0.270 e. The number of carbonyl (C=O) groups excluding carboxylic acids is 1. The first-order chi connectivity index (χ1) is 16.8. The average Bonchev–Trinajstić information content (AvgIpc) is 3.28. The lowest BCUT2D eigenvalue weighted by molar-refractivity contribution is -0.132. The molecule has 2 bridgehead atoms. The number of para-hydroxylation sites is 2. The number of thiazole rings is 1. The van der Waals surface area contributed by atoms with Gasteiger partial charge < -0.3 is 4.74 Å². The second kappa shape index (κ2) is 7.61. The first kappa shape index (κ1) is 21.7. The van der Waals surface area contributed by atoms with Crippen molar-refractivity contribution in [3.63, 3.8) is 0 Å². The molecule has 0 aliphatic carbocycles. The van der Waals surface area contributed by atoms with Crippen LogP contribution in [-0.2, 0) is 4.79 Å². The topological polar surface area (TPSA) is 78.5 Å². The smallest absolute Gasteiger partial charge is 0.270 e. The van der Waals surface area contributed by atoms with E-state index in [0.717, 1.165) is 28.2 Å². The first-order valence-electron chi connectivity index (χ1n) is 11.5. The molecule has 0 saturated heterocycles. The quantitative estimate of drug-likeness (QED) is 0.448. The normalized spacial score (nSPS) is 22.7. The Hall–Kier alpha value is -3.78. The van der Waals surface area contributed by atoms with Crippen LogP contribution in [-0.4, -0.2) is 25.9 Å². The van der Waals surface area contributed by atoms with Crippen molar-refractivity contribution in [1.29, 1.82) is 0 Å². The highest BCUT2D eigenvalue weighted by Crippen LogP contribution is 2.47. The Bertz CT molecular complexity index is 1680. The van der Waals surface area contributed by atoms with E-state index >= 15 is 0 Å². The van der Waals surface area contributed by atoms with Gasteiger partial charge in [-0.2, -0.15) is 5.10 Å². The van der Waals surface area contributed by atoms with Crippen molar-refractivity contribution < 1.29 is 9.53 Å². The lowest BCUT2D eigenvalue weighted by Gasteiger charge is -2.45. The van der Waals surface area contributed by atoms with Gasteiger partial charge in [-0.1, -0.05) is 47.7 Å². The van der Waals surface area contributed by atoms with Crippen LogP contribution >= 0.6 is 11.3 Å². The Labute approximate surface area is 205 Å². The third kappa shape index (κ3) is 3.16. The van der Waals surface area contributed by atoms with Gasteiger partial charge >= 0.3 is 0 Å². The Morgan fingerprint density at radius 2 is 1.83 bits per heavy atom. The fourth-order valence-corrected chi connectivity index (χ4v) is 6.45. The van der Waals surface area contributed by atoms with Gasteiger partial charge in [-0.05, 0) is 52.0 Å². The van der Waals surface area contributed by atoms with Gasteiger partial charge in [-0.25, -0.2) is 9.67 Å². The zero-order chi connectivity index (χ0) is 24.5. The number of hydrogen-bond acceptors (Lipinski definition) is 6. The molecule has 2 aromatic carbocycles. The van der Waals surface area contributed by atoms with E-state index in [1.807, 2.05) is 86.1 Å². The zero-order valence-electron chi connectivity index (χ0n) is 19.9. The molecule has 0 fully saturated rings. The lowest BCUT2D eigenvalue weighted by Crippen LogP contribution is -2.58. The number of aromatic nitrogens is 3. The maximum atomic E-state index is 13.8. The number of rotatable bonds is 3. The molecular weight excluding hydrogens is 460 g/mol. The molecular formula is C27H24N4O3S. The van der Waals surface area contributed by atoms with E-state index in [1.165, 1.54) is 11.3 Å². The molecule has 0 amide bonds. The Morgan fingerprint density at radius 1 is 1.11 bits per heavy atom. The molecule has 2 aliphatic heterocycles. The van der Waals surface area contributed by atoms with Gasteiger partial charge in [0.15, 0.2) is 4.80 Å². The van der Waals surface area contributed by atoms with Crippen LogP contribution in [0.5, 0.6) is 5.75 Å². The van der Waals surface area contributed by atoms with E-state index in [4.69, 9.17) is 14.8 Å². The van der Waals surface area contributed by atoms with Gasteiger partial charge in [0.25, 0.3) is 5.56 Å². The lowest BCUT2D eigenvalue weighted by atomic mass is 9.79. The number of Topliss-reactive ketones (excluding diaryl/α,β-unsaturated/α-hetero) is 1. The van der Waals surface area contributed by atoms with Crippen LogP contribution in [0.3, 0.4) is 0 Å². The number of fused-ring (bicyclic) bond motifs is 6. The van der Waals surface area contributed by atoms with Crippen LogP contribution in [0.25, 0.3) is 11.8 Å². The van der Waals surface area contributed by atoms with Gasteiger partial charge in [0.05, 0.1) is 22.0 Å². The molecule has 2 aliphatic rings. The Morgan fingerprint density at radius 3 is 2.57 bits per heavy atom. The summed E-state index contributed by atoms with van der Waals surface area (Å²) < 4.78 is 10.4. The summed E-state index contributed by atoms with van der Waals surface area (Å²) in [5, 5.41) is 4.71. The summed E-state index contributed by atoms with van der Waals surface area (Å²) in [7, 11) is 0. The summed E-state index contributed by atoms with van der Waals surface area (Å²) in [5.74, 6) is 0.0153. The standard InChI is InChI=1S/C27H24N4O3S/c1-15-20(16(2)31(29-15)18-10-6-5-7-11-18)14-22-25(33)30-24-19-12-8-9-13-21(19)34-27(4,23(24)17(3)32)28-26(30)35-22/h5-14,23-24H,1-4H3/b22-14+/t23-,24-,27+/m0/s1. The van der Waals surface area contributed by atoms with Crippen LogP contribution in [0.4, 0.5) is 0 Å². The van der Waals surface area contributed by atoms with E-state index in [2.05, 4.69) is 0 Å². The van der Waals surface area contributed by atoms with Crippen molar-refractivity contribution in [1.82, 2.24) is 14.3 Å². The monoisotopic (exact) mass is 484 g/mol. The highest BCUT2D eigenvalue weighted by Gasteiger charge is 2.53. The molecule has 0 saturated carbocycles. The number of ketones is 1. The molecule has 176 valence electrons. The fourth-order valence-electron chi connectivity index (χ4n) is 5.37. The summed E-state index contributed by atoms with van der Waals surface area (Å²) in [6, 6.07) is 17.0. The molecule has 0 unspecified atom stereocenters. The molecule has 3 atom stereocenters. The van der Waals surface area contributed by atoms with Crippen LogP contribution in [0.1, 0.15) is 42.4 Å². The highest BCUT2D eigenvalue weighted by atomic mass is 32.1. The van der Waals surface area contributed by atoms with Gasteiger partial charge in [-0.3, -0.25) is 14.2 Å². The number of carbonyl (C=O) groups is 1. The van der Waals surface area contributed by atoms with Crippen LogP contribution < -0.4 is 19.6 Å². The molecule has 6 rings (SSSR count). The number of ether oxygens (including phenoxy) is 1. The van der Waals surface area contributed by atoms with Gasteiger partial charge in [-0.15, -0.1) is 0 Å².